The van der Waals surface area contributed by atoms with Gasteiger partial charge < -0.3 is 14.8 Å². The van der Waals surface area contributed by atoms with Gasteiger partial charge in [0.25, 0.3) is 0 Å². The lowest BCUT2D eigenvalue weighted by Crippen LogP contribution is -2.06. The van der Waals surface area contributed by atoms with E-state index < -0.39 is 0 Å². The fraction of sp³-hybridized carbons (Fsp3) is 0.263. The molecule has 2 heterocycles. The Balaban J connectivity index is 1.61. The summed E-state index contributed by atoms with van der Waals surface area (Å²) >= 11 is 5.13. The van der Waals surface area contributed by atoms with Gasteiger partial charge >= 0.3 is 0 Å². The van der Waals surface area contributed by atoms with Crippen LogP contribution < -0.4 is 14.8 Å². The molecule has 0 aliphatic carbocycles. The van der Waals surface area contributed by atoms with E-state index in [2.05, 4.69) is 43.3 Å². The molecule has 26 heavy (non-hydrogen) atoms. The van der Waals surface area contributed by atoms with Gasteiger partial charge in [0.05, 0.1) is 28.8 Å². The predicted octanol–water partition coefficient (Wildman–Crippen LogP) is 5.03. The number of anilines is 1. The number of methoxy groups -OCH3 is 1. The highest BCUT2D eigenvalue weighted by molar-refractivity contribution is 9.10. The smallest absolute Gasteiger partial charge is 0.133 e. The molecule has 3 rings (SSSR count). The number of rotatable bonds is 8. The summed E-state index contributed by atoms with van der Waals surface area (Å²) < 4.78 is 11.7. The number of nitrogens with one attached hydrogen (secondary N) is 1. The number of aromatic nitrogens is 2. The maximum absolute atomic E-state index is 5.52. The van der Waals surface area contributed by atoms with Crippen molar-refractivity contribution in [1.29, 1.82) is 0 Å². The molecule has 0 unspecified atom stereocenters. The Hall–Kier alpha value is -2.12. The number of benzene rings is 1. The lowest BCUT2D eigenvalue weighted by atomic mass is 10.1. The molecule has 3 aromatic rings. The largest absolute Gasteiger partial charge is 0.496 e. The Labute approximate surface area is 165 Å². The van der Waals surface area contributed by atoms with Crippen molar-refractivity contribution in [3.8, 4) is 22.1 Å². The van der Waals surface area contributed by atoms with Gasteiger partial charge in [-0.3, -0.25) is 0 Å². The first kappa shape index (κ1) is 18.7. The van der Waals surface area contributed by atoms with E-state index in [0.717, 1.165) is 45.3 Å². The molecule has 0 aliphatic rings. The molecule has 0 fully saturated rings. The van der Waals surface area contributed by atoms with Crippen LogP contribution in [-0.2, 0) is 6.42 Å². The highest BCUT2D eigenvalue weighted by Crippen LogP contribution is 2.30. The second kappa shape index (κ2) is 9.00. The number of thiophene rings is 1. The molecule has 0 radical (unpaired) electrons. The van der Waals surface area contributed by atoms with Gasteiger partial charge in [-0.05, 0) is 47.0 Å². The molecule has 5 nitrogen and oxygen atoms in total. The zero-order valence-electron chi connectivity index (χ0n) is 14.7. The van der Waals surface area contributed by atoms with Crippen molar-refractivity contribution >= 4 is 33.1 Å². The summed E-state index contributed by atoms with van der Waals surface area (Å²) in [4.78, 5) is 9.74. The molecule has 1 N–H and O–H groups in total. The first-order valence-electron chi connectivity index (χ1n) is 8.29. The van der Waals surface area contributed by atoms with Crippen LogP contribution in [0.15, 0.2) is 46.5 Å². The monoisotopic (exact) mass is 433 g/mol. The Kier molecular flexibility index (Phi) is 6.46. The summed E-state index contributed by atoms with van der Waals surface area (Å²) in [5, 5.41) is 5.35. The first-order chi connectivity index (χ1) is 12.7. The normalized spacial score (nSPS) is 10.6. The maximum Gasteiger partial charge on any atom is 0.133 e. The van der Waals surface area contributed by atoms with Gasteiger partial charge in [0.1, 0.15) is 23.6 Å². The van der Waals surface area contributed by atoms with Crippen LogP contribution in [0.5, 0.6) is 11.5 Å². The fourth-order valence-electron chi connectivity index (χ4n) is 2.48. The summed E-state index contributed by atoms with van der Waals surface area (Å²) in [5.74, 6) is 2.53. The molecule has 0 aliphatic heterocycles. The molecule has 0 amide bonds. The Bertz CT molecular complexity index is 869. The number of nitrogens with zero attached hydrogens (tertiary/aromatic N) is 2. The van der Waals surface area contributed by atoms with Crippen LogP contribution in [0, 0.1) is 0 Å². The summed E-state index contributed by atoms with van der Waals surface area (Å²) in [6, 6.07) is 10.1. The van der Waals surface area contributed by atoms with E-state index in [9.17, 15) is 0 Å². The number of halogens is 1. The van der Waals surface area contributed by atoms with Crippen molar-refractivity contribution < 1.29 is 9.47 Å². The molecule has 0 saturated carbocycles. The molecular formula is C19H20BrN3O2S. The second-order valence-corrected chi connectivity index (χ2v) is 7.28. The summed E-state index contributed by atoms with van der Waals surface area (Å²) in [6.45, 7) is 3.42. The van der Waals surface area contributed by atoms with E-state index in [1.54, 1.807) is 24.8 Å². The van der Waals surface area contributed by atoms with Gasteiger partial charge in [0, 0.05) is 24.1 Å². The van der Waals surface area contributed by atoms with Gasteiger partial charge in [0.15, 0.2) is 0 Å². The van der Waals surface area contributed by atoms with Crippen molar-refractivity contribution in [3.63, 3.8) is 0 Å². The topological polar surface area (TPSA) is 56.3 Å². The van der Waals surface area contributed by atoms with Crippen LogP contribution in [0.3, 0.4) is 0 Å². The van der Waals surface area contributed by atoms with Crippen LogP contribution in [0.1, 0.15) is 12.5 Å². The van der Waals surface area contributed by atoms with Crippen LogP contribution in [0.2, 0.25) is 0 Å². The zero-order valence-corrected chi connectivity index (χ0v) is 17.1. The van der Waals surface area contributed by atoms with Crippen molar-refractivity contribution in [2.75, 3.05) is 25.6 Å². The maximum atomic E-state index is 5.52. The Morgan fingerprint density at radius 2 is 2.08 bits per heavy atom. The quantitative estimate of drug-likeness (QED) is 0.539. The molecular weight excluding hydrogens is 414 g/mol. The van der Waals surface area contributed by atoms with E-state index >= 15 is 0 Å². The summed E-state index contributed by atoms with van der Waals surface area (Å²) in [5.41, 5.74) is 2.12. The summed E-state index contributed by atoms with van der Waals surface area (Å²) in [6.07, 6.45) is 2.47. The minimum atomic E-state index is 0.661. The first-order valence-corrected chi connectivity index (χ1v) is 9.97. The van der Waals surface area contributed by atoms with E-state index in [1.165, 1.54) is 5.56 Å². The third-order valence-electron chi connectivity index (χ3n) is 3.74. The number of hydrogen-bond donors (Lipinski definition) is 1. The van der Waals surface area contributed by atoms with Crippen molar-refractivity contribution in [3.05, 3.63) is 52.1 Å². The van der Waals surface area contributed by atoms with Gasteiger partial charge in [-0.25, -0.2) is 9.97 Å². The standard InChI is InChI=1S/C19H20BrN3O2S/c1-3-25-14-9-18(26-11-14)16-10-19(23-12-22-16)21-7-6-13-4-5-17(24-2)15(20)8-13/h4-5,8-12H,3,6-7H2,1-2H3,(H,21,22,23). The minimum absolute atomic E-state index is 0.661. The van der Waals surface area contributed by atoms with E-state index in [1.807, 2.05) is 30.5 Å². The third-order valence-corrected chi connectivity index (χ3v) is 5.29. The van der Waals surface area contributed by atoms with Crippen LogP contribution in [0.25, 0.3) is 10.6 Å². The Morgan fingerprint density at radius 1 is 1.19 bits per heavy atom. The van der Waals surface area contributed by atoms with E-state index in [4.69, 9.17) is 9.47 Å². The predicted molar refractivity (Wildman–Crippen MR) is 109 cm³/mol. The average Bonchev–Trinajstić information content (AvgIpc) is 3.11. The number of ether oxygens (including phenoxy) is 2. The Morgan fingerprint density at radius 3 is 2.85 bits per heavy atom. The van der Waals surface area contributed by atoms with Crippen LogP contribution >= 0.6 is 27.3 Å². The highest BCUT2D eigenvalue weighted by atomic mass is 79.9. The van der Waals surface area contributed by atoms with Gasteiger partial charge in [0.2, 0.25) is 0 Å². The molecule has 0 spiro atoms. The lowest BCUT2D eigenvalue weighted by molar-refractivity contribution is 0.342. The van der Waals surface area contributed by atoms with Crippen LogP contribution in [-0.4, -0.2) is 30.2 Å². The van der Waals surface area contributed by atoms with Crippen molar-refractivity contribution in [1.82, 2.24) is 9.97 Å². The summed E-state index contributed by atoms with van der Waals surface area (Å²) in [7, 11) is 1.67. The molecule has 7 heteroatoms. The molecule has 2 aromatic heterocycles. The van der Waals surface area contributed by atoms with Gasteiger partial charge in [-0.15, -0.1) is 11.3 Å². The van der Waals surface area contributed by atoms with Crippen LogP contribution in [0.4, 0.5) is 5.82 Å². The number of hydrogen-bond acceptors (Lipinski definition) is 6. The molecule has 0 saturated heterocycles. The van der Waals surface area contributed by atoms with Gasteiger partial charge in [-0.2, -0.15) is 0 Å². The second-order valence-electron chi connectivity index (χ2n) is 5.51. The lowest BCUT2D eigenvalue weighted by Gasteiger charge is -2.08. The van der Waals surface area contributed by atoms with E-state index in [0.29, 0.717) is 6.61 Å². The minimum Gasteiger partial charge on any atom is -0.496 e. The van der Waals surface area contributed by atoms with Gasteiger partial charge in [-0.1, -0.05) is 6.07 Å². The highest BCUT2D eigenvalue weighted by Gasteiger charge is 2.07. The molecule has 0 bridgehead atoms. The third kappa shape index (κ3) is 4.74. The molecule has 136 valence electrons. The SMILES string of the molecule is CCOc1csc(-c2cc(NCCc3ccc(OC)c(Br)c3)ncn2)c1. The zero-order chi connectivity index (χ0) is 18.4. The molecule has 1 aromatic carbocycles. The van der Waals surface area contributed by atoms with E-state index in [-0.39, 0.29) is 0 Å². The average molecular weight is 434 g/mol. The molecule has 0 atom stereocenters. The fourth-order valence-corrected chi connectivity index (χ4v) is 3.87. The van der Waals surface area contributed by atoms with Crippen molar-refractivity contribution in [2.24, 2.45) is 0 Å². The van der Waals surface area contributed by atoms with Crippen molar-refractivity contribution in [2.45, 2.75) is 13.3 Å².